The summed E-state index contributed by atoms with van der Waals surface area (Å²) in [4.78, 5) is 11.9. The van der Waals surface area contributed by atoms with Crippen LogP contribution in [0.4, 0.5) is 20.2 Å². The molecule has 0 saturated carbocycles. The molecule has 1 aromatic rings. The van der Waals surface area contributed by atoms with Crippen molar-refractivity contribution in [2.45, 2.75) is 12.8 Å². The fourth-order valence-electron chi connectivity index (χ4n) is 1.99. The standard InChI is InChI=1S/C12H15F2N3O/c13-8-3-4-9(15)11(10(8)14)17-12(18)7-2-1-5-16-6-7/h3-4,7,16H,1-2,5-6,15H2,(H,17,18). The number of halogens is 2. The van der Waals surface area contributed by atoms with Crippen LogP contribution >= 0.6 is 0 Å². The maximum atomic E-state index is 13.5. The third-order valence-corrected chi connectivity index (χ3v) is 3.04. The smallest absolute Gasteiger partial charge is 0.228 e. The molecular formula is C12H15F2N3O. The normalized spacial score (nSPS) is 19.6. The number of rotatable bonds is 2. The lowest BCUT2D eigenvalue weighted by Crippen LogP contribution is -2.37. The van der Waals surface area contributed by atoms with Crippen molar-refractivity contribution >= 4 is 17.3 Å². The van der Waals surface area contributed by atoms with E-state index in [0.717, 1.165) is 25.5 Å². The summed E-state index contributed by atoms with van der Waals surface area (Å²) in [7, 11) is 0. The highest BCUT2D eigenvalue weighted by Gasteiger charge is 2.23. The quantitative estimate of drug-likeness (QED) is 0.701. The third kappa shape index (κ3) is 2.59. The maximum Gasteiger partial charge on any atom is 0.228 e. The number of benzene rings is 1. The van der Waals surface area contributed by atoms with Crippen LogP contribution in [0.3, 0.4) is 0 Å². The van der Waals surface area contributed by atoms with E-state index in [1.807, 2.05) is 0 Å². The molecule has 1 saturated heterocycles. The number of carbonyl (C=O) groups excluding carboxylic acids is 1. The predicted molar refractivity (Wildman–Crippen MR) is 65.0 cm³/mol. The van der Waals surface area contributed by atoms with Gasteiger partial charge in [-0.1, -0.05) is 0 Å². The molecule has 4 N–H and O–H groups in total. The lowest BCUT2D eigenvalue weighted by molar-refractivity contribution is -0.120. The van der Waals surface area contributed by atoms with E-state index in [9.17, 15) is 13.6 Å². The van der Waals surface area contributed by atoms with Crippen LogP contribution in [-0.4, -0.2) is 19.0 Å². The van der Waals surface area contributed by atoms with Crippen LogP contribution in [0, 0.1) is 17.6 Å². The number of nitrogens with one attached hydrogen (secondary N) is 2. The molecule has 1 aromatic carbocycles. The van der Waals surface area contributed by atoms with Gasteiger partial charge in [0, 0.05) is 6.54 Å². The Morgan fingerprint density at radius 2 is 2.22 bits per heavy atom. The number of amides is 1. The summed E-state index contributed by atoms with van der Waals surface area (Å²) in [6, 6.07) is 2.16. The Hall–Kier alpha value is -1.69. The van der Waals surface area contributed by atoms with Gasteiger partial charge in [-0.25, -0.2) is 8.78 Å². The van der Waals surface area contributed by atoms with E-state index >= 15 is 0 Å². The molecule has 1 heterocycles. The largest absolute Gasteiger partial charge is 0.397 e. The Bertz CT molecular complexity index is 459. The molecule has 2 rings (SSSR count). The van der Waals surface area contributed by atoms with Crippen LogP contribution in [0.1, 0.15) is 12.8 Å². The van der Waals surface area contributed by atoms with Gasteiger partial charge in [0.1, 0.15) is 5.69 Å². The second-order valence-electron chi connectivity index (χ2n) is 4.36. The summed E-state index contributed by atoms with van der Waals surface area (Å²) in [6.45, 7) is 1.42. The van der Waals surface area contributed by atoms with Gasteiger partial charge in [0.05, 0.1) is 11.6 Å². The minimum Gasteiger partial charge on any atom is -0.397 e. The van der Waals surface area contributed by atoms with Crippen molar-refractivity contribution < 1.29 is 13.6 Å². The van der Waals surface area contributed by atoms with E-state index in [-0.39, 0.29) is 23.2 Å². The molecule has 0 spiro atoms. The predicted octanol–water partition coefficient (Wildman–Crippen LogP) is 1.49. The number of piperidine rings is 1. The zero-order valence-corrected chi connectivity index (χ0v) is 9.80. The molecule has 18 heavy (non-hydrogen) atoms. The van der Waals surface area contributed by atoms with E-state index < -0.39 is 11.6 Å². The van der Waals surface area contributed by atoms with Crippen molar-refractivity contribution in [1.82, 2.24) is 5.32 Å². The number of carbonyl (C=O) groups is 1. The molecule has 1 aliphatic heterocycles. The van der Waals surface area contributed by atoms with Crippen LogP contribution in [0.5, 0.6) is 0 Å². The zero-order chi connectivity index (χ0) is 13.1. The molecule has 0 aliphatic carbocycles. The summed E-state index contributed by atoms with van der Waals surface area (Å²) >= 11 is 0. The zero-order valence-electron chi connectivity index (χ0n) is 9.80. The third-order valence-electron chi connectivity index (χ3n) is 3.04. The topological polar surface area (TPSA) is 67.1 Å². The Morgan fingerprint density at radius 1 is 1.44 bits per heavy atom. The van der Waals surface area contributed by atoms with Gasteiger partial charge in [-0.2, -0.15) is 0 Å². The Labute approximate surface area is 104 Å². The SMILES string of the molecule is Nc1ccc(F)c(F)c1NC(=O)C1CCCNC1. The summed E-state index contributed by atoms with van der Waals surface area (Å²) in [5.41, 5.74) is 5.28. The van der Waals surface area contributed by atoms with Crippen LogP contribution in [0.2, 0.25) is 0 Å². The number of nitrogens with two attached hydrogens (primary N) is 1. The Balaban J connectivity index is 2.13. The van der Waals surface area contributed by atoms with Crippen molar-refractivity contribution in [3.63, 3.8) is 0 Å². The molecule has 4 nitrogen and oxygen atoms in total. The van der Waals surface area contributed by atoms with Gasteiger partial charge in [0.15, 0.2) is 11.6 Å². The van der Waals surface area contributed by atoms with E-state index in [2.05, 4.69) is 10.6 Å². The highest BCUT2D eigenvalue weighted by molar-refractivity contribution is 5.95. The fourth-order valence-corrected chi connectivity index (χ4v) is 1.99. The number of hydrogen-bond donors (Lipinski definition) is 3. The molecule has 1 atom stereocenters. The van der Waals surface area contributed by atoms with Crippen LogP contribution in [-0.2, 0) is 4.79 Å². The van der Waals surface area contributed by atoms with E-state index in [0.29, 0.717) is 6.54 Å². The van der Waals surface area contributed by atoms with Gasteiger partial charge >= 0.3 is 0 Å². The first-order valence-electron chi connectivity index (χ1n) is 5.84. The van der Waals surface area contributed by atoms with Crippen molar-refractivity contribution in [3.05, 3.63) is 23.8 Å². The molecule has 1 fully saturated rings. The second-order valence-corrected chi connectivity index (χ2v) is 4.36. The molecule has 1 unspecified atom stereocenters. The van der Waals surface area contributed by atoms with Gasteiger partial charge in [-0.05, 0) is 31.5 Å². The average Bonchev–Trinajstić information content (AvgIpc) is 2.40. The molecule has 0 radical (unpaired) electrons. The summed E-state index contributed by atoms with van der Waals surface area (Å²) in [5, 5.41) is 5.45. The van der Waals surface area contributed by atoms with Crippen LogP contribution in [0.15, 0.2) is 12.1 Å². The average molecular weight is 255 g/mol. The molecular weight excluding hydrogens is 240 g/mol. The van der Waals surface area contributed by atoms with Gasteiger partial charge < -0.3 is 16.4 Å². The first-order chi connectivity index (χ1) is 8.59. The van der Waals surface area contributed by atoms with E-state index in [1.165, 1.54) is 6.07 Å². The van der Waals surface area contributed by atoms with Gasteiger partial charge in [0.25, 0.3) is 0 Å². The van der Waals surface area contributed by atoms with E-state index in [4.69, 9.17) is 5.73 Å². The summed E-state index contributed by atoms with van der Waals surface area (Å²) < 4.78 is 26.6. The number of nitrogen functional groups attached to an aromatic ring is 1. The highest BCUT2D eigenvalue weighted by Crippen LogP contribution is 2.25. The number of hydrogen-bond acceptors (Lipinski definition) is 3. The highest BCUT2D eigenvalue weighted by atomic mass is 19.2. The van der Waals surface area contributed by atoms with Crippen LogP contribution in [0.25, 0.3) is 0 Å². The molecule has 6 heteroatoms. The minimum absolute atomic E-state index is 0.0195. The van der Waals surface area contributed by atoms with Gasteiger partial charge in [-0.15, -0.1) is 0 Å². The van der Waals surface area contributed by atoms with Crippen LogP contribution < -0.4 is 16.4 Å². The summed E-state index contributed by atoms with van der Waals surface area (Å²) in [5.74, 6) is -2.72. The Morgan fingerprint density at radius 3 is 2.89 bits per heavy atom. The van der Waals surface area contributed by atoms with Crippen molar-refractivity contribution in [2.75, 3.05) is 24.1 Å². The molecule has 0 bridgehead atoms. The molecule has 1 aliphatic rings. The molecule has 0 aromatic heterocycles. The molecule has 1 amide bonds. The lowest BCUT2D eigenvalue weighted by atomic mass is 9.98. The van der Waals surface area contributed by atoms with Gasteiger partial charge in [0.2, 0.25) is 5.91 Å². The minimum atomic E-state index is -1.12. The fraction of sp³-hybridized carbons (Fsp3) is 0.417. The second kappa shape index (κ2) is 5.30. The Kier molecular flexibility index (Phi) is 3.76. The first kappa shape index (κ1) is 12.8. The van der Waals surface area contributed by atoms with E-state index in [1.54, 1.807) is 0 Å². The summed E-state index contributed by atoms with van der Waals surface area (Å²) in [6.07, 6.45) is 1.62. The lowest BCUT2D eigenvalue weighted by Gasteiger charge is -2.22. The van der Waals surface area contributed by atoms with Crippen molar-refractivity contribution in [2.24, 2.45) is 5.92 Å². The van der Waals surface area contributed by atoms with Crippen molar-refractivity contribution in [1.29, 1.82) is 0 Å². The number of anilines is 2. The maximum absolute atomic E-state index is 13.5. The monoisotopic (exact) mass is 255 g/mol. The molecule has 98 valence electrons. The van der Waals surface area contributed by atoms with Crippen molar-refractivity contribution in [3.8, 4) is 0 Å². The van der Waals surface area contributed by atoms with Gasteiger partial charge in [-0.3, -0.25) is 4.79 Å². The first-order valence-corrected chi connectivity index (χ1v) is 5.84.